The first-order valence-corrected chi connectivity index (χ1v) is 7.42. The molecule has 2 atom stereocenters. The van der Waals surface area contributed by atoms with E-state index in [1.54, 1.807) is 7.11 Å². The van der Waals surface area contributed by atoms with Crippen molar-refractivity contribution in [1.82, 2.24) is 9.80 Å². The van der Waals surface area contributed by atoms with Gasteiger partial charge in [-0.25, -0.2) is 0 Å². The van der Waals surface area contributed by atoms with E-state index in [0.717, 1.165) is 37.5 Å². The molecule has 0 bridgehead atoms. The maximum absolute atomic E-state index is 10.3. The van der Waals surface area contributed by atoms with Crippen molar-refractivity contribution in [3.8, 4) is 5.75 Å². The molecule has 112 valence electrons. The Kier molecular flexibility index (Phi) is 5.40. The molecule has 1 aliphatic heterocycles. The fourth-order valence-electron chi connectivity index (χ4n) is 2.88. The minimum absolute atomic E-state index is 0.429. The zero-order chi connectivity index (χ0) is 14.5. The van der Waals surface area contributed by atoms with Gasteiger partial charge >= 0.3 is 0 Å². The number of methoxy groups -OCH3 is 1. The zero-order valence-electron chi connectivity index (χ0n) is 12.7. The maximum Gasteiger partial charge on any atom is 0.118 e. The van der Waals surface area contributed by atoms with Crippen molar-refractivity contribution in [2.75, 3.05) is 39.8 Å². The van der Waals surface area contributed by atoms with Gasteiger partial charge in [-0.2, -0.15) is 0 Å². The number of hydrogen-bond acceptors (Lipinski definition) is 4. The van der Waals surface area contributed by atoms with E-state index in [1.807, 2.05) is 24.3 Å². The number of aliphatic hydroxyl groups excluding tert-OH is 1. The quantitative estimate of drug-likeness (QED) is 0.890. The number of β-amino-alcohol motifs (C(OH)–C–C–N with tert-alkyl or cyclic N) is 1. The second-order valence-electron chi connectivity index (χ2n) is 5.53. The highest BCUT2D eigenvalue weighted by Crippen LogP contribution is 2.20. The van der Waals surface area contributed by atoms with Crippen molar-refractivity contribution in [2.45, 2.75) is 26.0 Å². The third-order valence-corrected chi connectivity index (χ3v) is 4.19. The number of benzene rings is 1. The van der Waals surface area contributed by atoms with Crippen LogP contribution in [0.15, 0.2) is 24.3 Å². The number of piperazine rings is 1. The summed E-state index contributed by atoms with van der Waals surface area (Å²) in [5.74, 6) is 0.825. The highest BCUT2D eigenvalue weighted by molar-refractivity contribution is 5.28. The van der Waals surface area contributed by atoms with E-state index >= 15 is 0 Å². The molecule has 2 rings (SSSR count). The second-order valence-corrected chi connectivity index (χ2v) is 5.53. The summed E-state index contributed by atoms with van der Waals surface area (Å²) in [7, 11) is 1.65. The molecular weight excluding hydrogens is 252 g/mol. The molecule has 0 aliphatic carbocycles. The Labute approximate surface area is 122 Å². The number of likely N-dealkylation sites (N-methyl/N-ethyl adjacent to an activating group) is 1. The van der Waals surface area contributed by atoms with Crippen LogP contribution in [-0.4, -0.2) is 60.8 Å². The summed E-state index contributed by atoms with van der Waals surface area (Å²) in [4.78, 5) is 4.84. The van der Waals surface area contributed by atoms with E-state index in [1.165, 1.54) is 0 Å². The van der Waals surface area contributed by atoms with Crippen LogP contribution in [0.4, 0.5) is 0 Å². The lowest BCUT2D eigenvalue weighted by Gasteiger charge is -2.40. The normalized spacial score (nSPS) is 22.7. The molecule has 2 unspecified atom stereocenters. The van der Waals surface area contributed by atoms with Crippen LogP contribution < -0.4 is 4.74 Å². The average molecular weight is 278 g/mol. The highest BCUT2D eigenvalue weighted by Gasteiger charge is 2.24. The molecule has 1 heterocycles. The summed E-state index contributed by atoms with van der Waals surface area (Å²) >= 11 is 0. The Bertz CT molecular complexity index is 407. The highest BCUT2D eigenvalue weighted by atomic mass is 16.5. The van der Waals surface area contributed by atoms with E-state index in [0.29, 0.717) is 12.6 Å². The standard InChI is InChI=1S/C16H26N2O2/c1-4-18-10-9-17(11-13(18)2)12-16(19)14-5-7-15(20-3)8-6-14/h5-8,13,16,19H,4,9-12H2,1-3H3. The van der Waals surface area contributed by atoms with Crippen LogP contribution in [0.25, 0.3) is 0 Å². The average Bonchev–Trinajstić information content (AvgIpc) is 2.47. The van der Waals surface area contributed by atoms with E-state index < -0.39 is 6.10 Å². The smallest absolute Gasteiger partial charge is 0.118 e. The third kappa shape index (κ3) is 3.72. The zero-order valence-corrected chi connectivity index (χ0v) is 12.7. The largest absolute Gasteiger partial charge is 0.497 e. The predicted molar refractivity (Wildman–Crippen MR) is 81.1 cm³/mol. The number of hydrogen-bond donors (Lipinski definition) is 1. The van der Waals surface area contributed by atoms with Crippen LogP contribution in [0.1, 0.15) is 25.5 Å². The lowest BCUT2D eigenvalue weighted by molar-refractivity contribution is 0.0478. The molecule has 4 heteroatoms. The third-order valence-electron chi connectivity index (χ3n) is 4.19. The molecule has 0 radical (unpaired) electrons. The molecule has 0 aromatic heterocycles. The first-order chi connectivity index (χ1) is 9.63. The van der Waals surface area contributed by atoms with Crippen molar-refractivity contribution >= 4 is 0 Å². The number of nitrogens with zero attached hydrogens (tertiary/aromatic N) is 2. The number of aliphatic hydroxyl groups is 1. The molecule has 1 aromatic rings. The van der Waals surface area contributed by atoms with E-state index in [-0.39, 0.29) is 0 Å². The maximum atomic E-state index is 10.3. The summed E-state index contributed by atoms with van der Waals surface area (Å²) in [6.45, 7) is 9.43. The number of ether oxygens (including phenoxy) is 1. The van der Waals surface area contributed by atoms with Crippen molar-refractivity contribution in [1.29, 1.82) is 0 Å². The van der Waals surface area contributed by atoms with Gasteiger partial charge in [0.2, 0.25) is 0 Å². The molecule has 1 aromatic carbocycles. The van der Waals surface area contributed by atoms with Crippen LogP contribution in [-0.2, 0) is 0 Å². The van der Waals surface area contributed by atoms with Gasteiger partial charge in [-0.1, -0.05) is 19.1 Å². The van der Waals surface area contributed by atoms with Gasteiger partial charge in [-0.05, 0) is 31.2 Å². The minimum Gasteiger partial charge on any atom is -0.497 e. The lowest BCUT2D eigenvalue weighted by atomic mass is 10.1. The first-order valence-electron chi connectivity index (χ1n) is 7.42. The first kappa shape index (κ1) is 15.3. The predicted octanol–water partition coefficient (Wildman–Crippen LogP) is 1.75. The lowest BCUT2D eigenvalue weighted by Crippen LogP contribution is -2.52. The number of rotatable bonds is 5. The van der Waals surface area contributed by atoms with Crippen molar-refractivity contribution < 1.29 is 9.84 Å². The van der Waals surface area contributed by atoms with Gasteiger partial charge in [-0.15, -0.1) is 0 Å². The molecule has 20 heavy (non-hydrogen) atoms. The summed E-state index contributed by atoms with van der Waals surface area (Å²) in [6, 6.07) is 8.24. The van der Waals surface area contributed by atoms with Gasteiger partial charge in [0.05, 0.1) is 13.2 Å². The van der Waals surface area contributed by atoms with Gasteiger partial charge in [0.15, 0.2) is 0 Å². The van der Waals surface area contributed by atoms with Crippen LogP contribution in [0.5, 0.6) is 5.75 Å². The fraction of sp³-hybridized carbons (Fsp3) is 0.625. The Morgan fingerprint density at radius 3 is 2.55 bits per heavy atom. The SMILES string of the molecule is CCN1CCN(CC(O)c2ccc(OC)cc2)CC1C. The van der Waals surface area contributed by atoms with Gasteiger partial charge in [0.25, 0.3) is 0 Å². The van der Waals surface area contributed by atoms with Crippen molar-refractivity contribution in [2.24, 2.45) is 0 Å². The molecule has 0 amide bonds. The van der Waals surface area contributed by atoms with Crippen LogP contribution in [0.2, 0.25) is 0 Å². The Morgan fingerprint density at radius 1 is 1.30 bits per heavy atom. The van der Waals surface area contributed by atoms with Gasteiger partial charge in [0.1, 0.15) is 5.75 Å². The van der Waals surface area contributed by atoms with E-state index in [2.05, 4.69) is 23.6 Å². The van der Waals surface area contributed by atoms with E-state index in [4.69, 9.17) is 4.74 Å². The van der Waals surface area contributed by atoms with Crippen LogP contribution in [0, 0.1) is 0 Å². The molecule has 1 saturated heterocycles. The Morgan fingerprint density at radius 2 is 2.00 bits per heavy atom. The van der Waals surface area contributed by atoms with Gasteiger partial charge in [0, 0.05) is 32.2 Å². The molecular formula is C16H26N2O2. The molecule has 1 aliphatic rings. The molecule has 1 N–H and O–H groups in total. The summed E-state index contributed by atoms with van der Waals surface area (Å²) in [6.07, 6.45) is -0.429. The molecule has 4 nitrogen and oxygen atoms in total. The summed E-state index contributed by atoms with van der Waals surface area (Å²) in [5.41, 5.74) is 0.955. The molecule has 1 fully saturated rings. The monoisotopic (exact) mass is 278 g/mol. The van der Waals surface area contributed by atoms with Crippen molar-refractivity contribution in [3.63, 3.8) is 0 Å². The molecule has 0 spiro atoms. The van der Waals surface area contributed by atoms with Crippen LogP contribution >= 0.6 is 0 Å². The van der Waals surface area contributed by atoms with Crippen LogP contribution in [0.3, 0.4) is 0 Å². The topological polar surface area (TPSA) is 35.9 Å². The van der Waals surface area contributed by atoms with Gasteiger partial charge in [-0.3, -0.25) is 9.80 Å². The minimum atomic E-state index is -0.429. The van der Waals surface area contributed by atoms with Gasteiger partial charge < -0.3 is 9.84 Å². The van der Waals surface area contributed by atoms with E-state index in [9.17, 15) is 5.11 Å². The molecule has 0 saturated carbocycles. The fourth-order valence-corrected chi connectivity index (χ4v) is 2.88. The summed E-state index contributed by atoms with van der Waals surface area (Å²) in [5, 5.41) is 10.3. The Balaban J connectivity index is 1.89. The Hall–Kier alpha value is -1.10. The summed E-state index contributed by atoms with van der Waals surface area (Å²) < 4.78 is 5.14. The van der Waals surface area contributed by atoms with Crippen molar-refractivity contribution in [3.05, 3.63) is 29.8 Å². The second kappa shape index (κ2) is 7.07.